The minimum absolute atomic E-state index is 0.147. The molecule has 0 saturated heterocycles. The van der Waals surface area contributed by atoms with E-state index in [1.807, 2.05) is 0 Å². The van der Waals surface area contributed by atoms with Gasteiger partial charge in [0.1, 0.15) is 0 Å². The summed E-state index contributed by atoms with van der Waals surface area (Å²) in [5.74, 6) is -0.665. The fourth-order valence-corrected chi connectivity index (χ4v) is 2.38. The number of esters is 1. The van der Waals surface area contributed by atoms with Gasteiger partial charge in [-0.05, 0) is 6.92 Å². The highest BCUT2D eigenvalue weighted by atomic mass is 32.2. The van der Waals surface area contributed by atoms with Gasteiger partial charge in [-0.2, -0.15) is 4.98 Å². The van der Waals surface area contributed by atoms with E-state index in [4.69, 9.17) is 4.74 Å². The number of fused-ring (bicyclic) bond motifs is 1. The van der Waals surface area contributed by atoms with Gasteiger partial charge in [0, 0.05) is 12.3 Å². The van der Waals surface area contributed by atoms with Crippen molar-refractivity contribution < 1.29 is 14.6 Å². The molecule has 16 heavy (non-hydrogen) atoms. The molecule has 6 nitrogen and oxygen atoms in total. The molecule has 0 aromatic carbocycles. The third kappa shape index (κ3) is 1.67. The maximum atomic E-state index is 11.8. The normalized spacial score (nSPS) is 13.6. The Morgan fingerprint density at radius 1 is 1.69 bits per heavy atom. The number of ether oxygens (including phenoxy) is 1. The summed E-state index contributed by atoms with van der Waals surface area (Å²) in [6.07, 6.45) is 0. The first-order valence-electron chi connectivity index (χ1n) is 4.79. The highest BCUT2D eigenvalue weighted by Gasteiger charge is 2.25. The van der Waals surface area contributed by atoms with Gasteiger partial charge in [0.15, 0.2) is 10.7 Å². The minimum Gasteiger partial charge on any atom is -0.492 e. The molecular formula is C9H10N2O4S. The molecule has 1 aliphatic rings. The molecule has 2 heterocycles. The van der Waals surface area contributed by atoms with Crippen molar-refractivity contribution in [2.24, 2.45) is 0 Å². The zero-order valence-corrected chi connectivity index (χ0v) is 9.41. The molecule has 7 heteroatoms. The molecule has 1 aromatic heterocycles. The van der Waals surface area contributed by atoms with Crippen LogP contribution in [0.1, 0.15) is 17.3 Å². The average Bonchev–Trinajstić information content (AvgIpc) is 2.66. The Labute approximate surface area is 95.3 Å². The molecule has 1 N–H and O–H groups in total. The lowest BCUT2D eigenvalue weighted by Gasteiger charge is -2.06. The fourth-order valence-electron chi connectivity index (χ4n) is 1.44. The van der Waals surface area contributed by atoms with Crippen molar-refractivity contribution in [3.8, 4) is 5.88 Å². The summed E-state index contributed by atoms with van der Waals surface area (Å²) in [5, 5.41) is 9.95. The number of carbonyl (C=O) groups excluding carboxylic acids is 1. The Kier molecular flexibility index (Phi) is 2.86. The van der Waals surface area contributed by atoms with E-state index < -0.39 is 17.4 Å². The number of carbonyl (C=O) groups is 1. The lowest BCUT2D eigenvalue weighted by atomic mass is 10.3. The molecule has 0 atom stereocenters. The quantitative estimate of drug-likeness (QED) is 0.590. The summed E-state index contributed by atoms with van der Waals surface area (Å²) >= 11 is 1.37. The van der Waals surface area contributed by atoms with E-state index in [9.17, 15) is 14.7 Å². The van der Waals surface area contributed by atoms with E-state index in [0.717, 1.165) is 0 Å². The Bertz CT molecular complexity index is 497. The van der Waals surface area contributed by atoms with Gasteiger partial charge >= 0.3 is 5.97 Å². The number of rotatable bonds is 2. The predicted octanol–water partition coefficient (Wildman–Crippen LogP) is 0.231. The highest BCUT2D eigenvalue weighted by molar-refractivity contribution is 7.99. The third-order valence-corrected chi connectivity index (χ3v) is 3.10. The Balaban J connectivity index is 2.54. The third-order valence-electron chi connectivity index (χ3n) is 2.14. The van der Waals surface area contributed by atoms with Crippen LogP contribution in [-0.4, -0.2) is 33.0 Å². The lowest BCUT2D eigenvalue weighted by Crippen LogP contribution is -2.28. The molecule has 0 spiro atoms. The Morgan fingerprint density at radius 2 is 2.44 bits per heavy atom. The molecular weight excluding hydrogens is 232 g/mol. The van der Waals surface area contributed by atoms with Gasteiger partial charge in [0.25, 0.3) is 5.56 Å². The van der Waals surface area contributed by atoms with Crippen molar-refractivity contribution in [3.05, 3.63) is 15.9 Å². The average molecular weight is 242 g/mol. The number of thioether (sulfide) groups is 1. The van der Waals surface area contributed by atoms with E-state index >= 15 is 0 Å². The van der Waals surface area contributed by atoms with Crippen molar-refractivity contribution in [1.29, 1.82) is 0 Å². The number of aromatic hydroxyl groups is 1. The molecule has 0 amide bonds. The molecule has 0 radical (unpaired) electrons. The van der Waals surface area contributed by atoms with Crippen LogP contribution in [0.15, 0.2) is 9.95 Å². The smallest absolute Gasteiger partial charge is 0.349 e. The number of hydrogen-bond donors (Lipinski definition) is 1. The van der Waals surface area contributed by atoms with E-state index in [2.05, 4.69) is 4.98 Å². The highest BCUT2D eigenvalue weighted by Crippen LogP contribution is 2.24. The van der Waals surface area contributed by atoms with Gasteiger partial charge in [-0.15, -0.1) is 0 Å². The SMILES string of the molecule is CCOC(=O)c1c(O)nc2n(c1=O)CCS2. The van der Waals surface area contributed by atoms with Crippen LogP contribution < -0.4 is 5.56 Å². The molecule has 2 rings (SSSR count). The van der Waals surface area contributed by atoms with Crippen molar-refractivity contribution in [2.45, 2.75) is 18.6 Å². The molecule has 1 aromatic rings. The zero-order chi connectivity index (χ0) is 11.7. The predicted molar refractivity (Wildman–Crippen MR) is 56.8 cm³/mol. The minimum atomic E-state index is -0.829. The van der Waals surface area contributed by atoms with E-state index in [1.54, 1.807) is 6.92 Å². The largest absolute Gasteiger partial charge is 0.492 e. The van der Waals surface area contributed by atoms with Crippen LogP contribution in [0.2, 0.25) is 0 Å². The number of nitrogens with zero attached hydrogens (tertiary/aromatic N) is 2. The lowest BCUT2D eigenvalue weighted by molar-refractivity contribution is 0.0518. The molecule has 86 valence electrons. The fraction of sp³-hybridized carbons (Fsp3) is 0.444. The van der Waals surface area contributed by atoms with Crippen molar-refractivity contribution in [3.63, 3.8) is 0 Å². The topological polar surface area (TPSA) is 81.4 Å². The molecule has 0 unspecified atom stereocenters. The molecule has 0 saturated carbocycles. The van der Waals surface area contributed by atoms with Gasteiger partial charge < -0.3 is 9.84 Å². The van der Waals surface area contributed by atoms with E-state index in [1.165, 1.54) is 16.3 Å². The summed E-state index contributed by atoms with van der Waals surface area (Å²) in [6, 6.07) is 0. The van der Waals surface area contributed by atoms with Crippen LogP contribution in [0.4, 0.5) is 0 Å². The molecule has 0 bridgehead atoms. The summed E-state index contributed by atoms with van der Waals surface area (Å²) < 4.78 is 6.06. The van der Waals surface area contributed by atoms with Crippen molar-refractivity contribution in [2.75, 3.05) is 12.4 Å². The molecule has 0 fully saturated rings. The number of hydrogen-bond acceptors (Lipinski definition) is 6. The van der Waals surface area contributed by atoms with Crippen LogP contribution in [0, 0.1) is 0 Å². The first-order valence-corrected chi connectivity index (χ1v) is 5.77. The van der Waals surface area contributed by atoms with Crippen LogP contribution in [-0.2, 0) is 11.3 Å². The zero-order valence-electron chi connectivity index (χ0n) is 8.60. The summed E-state index contributed by atoms with van der Waals surface area (Å²) in [5.41, 5.74) is -0.918. The molecule has 0 aliphatic carbocycles. The van der Waals surface area contributed by atoms with E-state index in [0.29, 0.717) is 17.5 Å². The van der Waals surface area contributed by atoms with Gasteiger partial charge in [-0.1, -0.05) is 11.8 Å². The molecule has 1 aliphatic heterocycles. The van der Waals surface area contributed by atoms with Gasteiger partial charge in [0.2, 0.25) is 5.88 Å². The second-order valence-electron chi connectivity index (χ2n) is 3.12. The summed E-state index contributed by atoms with van der Waals surface area (Å²) in [6.45, 7) is 2.27. The summed E-state index contributed by atoms with van der Waals surface area (Å²) in [7, 11) is 0. The van der Waals surface area contributed by atoms with Gasteiger partial charge in [-0.25, -0.2) is 4.79 Å². The first kappa shape index (κ1) is 11.0. The second-order valence-corrected chi connectivity index (χ2v) is 4.18. The monoisotopic (exact) mass is 242 g/mol. The van der Waals surface area contributed by atoms with Crippen LogP contribution in [0.25, 0.3) is 0 Å². The maximum absolute atomic E-state index is 11.8. The van der Waals surface area contributed by atoms with Crippen LogP contribution >= 0.6 is 11.8 Å². The van der Waals surface area contributed by atoms with Crippen molar-refractivity contribution in [1.82, 2.24) is 9.55 Å². The van der Waals surface area contributed by atoms with Crippen molar-refractivity contribution >= 4 is 17.7 Å². The second kappa shape index (κ2) is 4.17. The summed E-state index contributed by atoms with van der Waals surface area (Å²) in [4.78, 5) is 27.1. The van der Waals surface area contributed by atoms with Gasteiger partial charge in [0.05, 0.1) is 6.61 Å². The number of aromatic nitrogens is 2. The van der Waals surface area contributed by atoms with Crippen LogP contribution in [0.3, 0.4) is 0 Å². The van der Waals surface area contributed by atoms with E-state index in [-0.39, 0.29) is 12.2 Å². The standard InChI is InChI=1S/C9H10N2O4S/c1-2-15-8(14)5-6(12)10-9-11(7(5)13)3-4-16-9/h12H,2-4H2,1H3. The Hall–Kier alpha value is -1.50. The Morgan fingerprint density at radius 3 is 3.12 bits per heavy atom. The van der Waals surface area contributed by atoms with Crippen LogP contribution in [0.5, 0.6) is 5.88 Å². The maximum Gasteiger partial charge on any atom is 0.349 e. The first-order chi connectivity index (χ1) is 7.65. The van der Waals surface area contributed by atoms with Gasteiger partial charge in [-0.3, -0.25) is 9.36 Å².